The lowest BCUT2D eigenvalue weighted by molar-refractivity contribution is 0.126. The maximum absolute atomic E-state index is 5.52. The van der Waals surface area contributed by atoms with E-state index in [9.17, 15) is 0 Å². The van der Waals surface area contributed by atoms with Crippen LogP contribution in [0.1, 0.15) is 18.4 Å². The molecule has 0 amide bonds. The zero-order valence-electron chi connectivity index (χ0n) is 8.98. The van der Waals surface area contributed by atoms with Gasteiger partial charge >= 0.3 is 0 Å². The van der Waals surface area contributed by atoms with Crippen LogP contribution in [0.4, 0.5) is 0 Å². The van der Waals surface area contributed by atoms with Crippen molar-refractivity contribution in [1.82, 2.24) is 10.3 Å². The fraction of sp³-hybridized carbons (Fsp3) is 0.583. The van der Waals surface area contributed by atoms with Crippen molar-refractivity contribution in [2.45, 2.75) is 19.4 Å². The number of pyridine rings is 1. The Labute approximate surface area is 90.9 Å². The number of hydrogen-bond donors (Lipinski definition) is 1. The van der Waals surface area contributed by atoms with Crippen LogP contribution >= 0.6 is 0 Å². The van der Waals surface area contributed by atoms with E-state index in [0.717, 1.165) is 32.2 Å². The second-order valence-corrected chi connectivity index (χ2v) is 4.06. The summed E-state index contributed by atoms with van der Waals surface area (Å²) < 4.78 is 5.52. The Morgan fingerprint density at radius 1 is 1.47 bits per heavy atom. The fourth-order valence-corrected chi connectivity index (χ4v) is 1.41. The molecule has 1 aliphatic rings. The minimum absolute atomic E-state index is 0.816. The number of nitrogens with zero attached hydrogens (tertiary/aromatic N) is 1. The SMILES string of the molecule is c1cncc(CNCCOCC2CC2)c1. The molecule has 1 aromatic rings. The van der Waals surface area contributed by atoms with E-state index in [1.54, 1.807) is 6.20 Å². The van der Waals surface area contributed by atoms with Gasteiger partial charge in [-0.3, -0.25) is 4.98 Å². The second-order valence-electron chi connectivity index (χ2n) is 4.06. The summed E-state index contributed by atoms with van der Waals surface area (Å²) in [7, 11) is 0. The van der Waals surface area contributed by atoms with Crippen LogP contribution in [-0.4, -0.2) is 24.7 Å². The molecule has 3 nitrogen and oxygen atoms in total. The lowest BCUT2D eigenvalue weighted by atomic mass is 10.3. The van der Waals surface area contributed by atoms with Gasteiger partial charge in [0.1, 0.15) is 0 Å². The average molecular weight is 206 g/mol. The Bertz CT molecular complexity index is 272. The first-order chi connectivity index (χ1) is 7.45. The molecular formula is C12H18N2O. The monoisotopic (exact) mass is 206 g/mol. The third-order valence-electron chi connectivity index (χ3n) is 2.53. The summed E-state index contributed by atoms with van der Waals surface area (Å²) in [5, 5.41) is 3.33. The largest absolute Gasteiger partial charge is 0.380 e. The molecule has 0 aliphatic heterocycles. The van der Waals surface area contributed by atoms with Crippen molar-refractivity contribution >= 4 is 0 Å². The molecule has 1 N–H and O–H groups in total. The van der Waals surface area contributed by atoms with Gasteiger partial charge in [-0.2, -0.15) is 0 Å². The third-order valence-corrected chi connectivity index (χ3v) is 2.53. The predicted molar refractivity (Wildman–Crippen MR) is 59.5 cm³/mol. The molecule has 0 spiro atoms. The van der Waals surface area contributed by atoms with Crippen molar-refractivity contribution < 1.29 is 4.74 Å². The first-order valence-corrected chi connectivity index (χ1v) is 5.62. The molecular weight excluding hydrogens is 188 g/mol. The molecule has 0 atom stereocenters. The molecule has 3 heteroatoms. The summed E-state index contributed by atoms with van der Waals surface area (Å²) >= 11 is 0. The highest BCUT2D eigenvalue weighted by molar-refractivity contribution is 5.07. The number of hydrogen-bond acceptors (Lipinski definition) is 3. The van der Waals surface area contributed by atoms with Gasteiger partial charge in [0.2, 0.25) is 0 Å². The molecule has 1 aliphatic carbocycles. The molecule has 2 rings (SSSR count). The Morgan fingerprint density at radius 3 is 3.13 bits per heavy atom. The van der Waals surface area contributed by atoms with Gasteiger partial charge in [0.15, 0.2) is 0 Å². The molecule has 82 valence electrons. The molecule has 1 fully saturated rings. The van der Waals surface area contributed by atoms with Gasteiger partial charge < -0.3 is 10.1 Å². The van der Waals surface area contributed by atoms with Crippen LogP contribution < -0.4 is 5.32 Å². The van der Waals surface area contributed by atoms with Crippen LogP contribution in [0.15, 0.2) is 24.5 Å². The predicted octanol–water partition coefficient (Wildman–Crippen LogP) is 1.60. The van der Waals surface area contributed by atoms with E-state index in [1.807, 2.05) is 12.3 Å². The van der Waals surface area contributed by atoms with Crippen molar-refractivity contribution in [3.05, 3.63) is 30.1 Å². The van der Waals surface area contributed by atoms with Gasteiger partial charge in [0, 0.05) is 32.1 Å². The van der Waals surface area contributed by atoms with Crippen molar-refractivity contribution in [3.63, 3.8) is 0 Å². The minimum atomic E-state index is 0.816. The molecule has 0 radical (unpaired) electrons. The van der Waals surface area contributed by atoms with Crippen LogP contribution in [0, 0.1) is 5.92 Å². The standard InChI is InChI=1S/C12H18N2O/c1-2-12(8-13-5-1)9-14-6-7-15-10-11-3-4-11/h1-2,5,8,11,14H,3-4,6-7,9-10H2. The summed E-state index contributed by atoms with van der Waals surface area (Å²) in [5.74, 6) is 0.864. The van der Waals surface area contributed by atoms with Crippen molar-refractivity contribution in [2.24, 2.45) is 5.92 Å². The zero-order valence-corrected chi connectivity index (χ0v) is 8.98. The fourth-order valence-electron chi connectivity index (χ4n) is 1.41. The Morgan fingerprint density at radius 2 is 2.40 bits per heavy atom. The maximum atomic E-state index is 5.52. The number of ether oxygens (including phenoxy) is 1. The minimum Gasteiger partial charge on any atom is -0.380 e. The Kier molecular flexibility index (Phi) is 4.11. The molecule has 0 aromatic carbocycles. The average Bonchev–Trinajstić information content (AvgIpc) is 3.09. The van der Waals surface area contributed by atoms with E-state index in [1.165, 1.54) is 18.4 Å². The van der Waals surface area contributed by atoms with E-state index < -0.39 is 0 Å². The van der Waals surface area contributed by atoms with Crippen LogP contribution in [0.3, 0.4) is 0 Å². The summed E-state index contributed by atoms with van der Waals surface area (Å²) in [6, 6.07) is 4.03. The lowest BCUT2D eigenvalue weighted by Crippen LogP contribution is -2.19. The first-order valence-electron chi connectivity index (χ1n) is 5.62. The highest BCUT2D eigenvalue weighted by Crippen LogP contribution is 2.28. The first kappa shape index (κ1) is 10.6. The van der Waals surface area contributed by atoms with Gasteiger partial charge in [-0.1, -0.05) is 6.07 Å². The molecule has 0 saturated heterocycles. The van der Waals surface area contributed by atoms with Gasteiger partial charge in [-0.05, 0) is 30.4 Å². The van der Waals surface area contributed by atoms with Gasteiger partial charge in [-0.25, -0.2) is 0 Å². The third kappa shape index (κ3) is 4.40. The molecule has 1 saturated carbocycles. The van der Waals surface area contributed by atoms with Crippen molar-refractivity contribution in [1.29, 1.82) is 0 Å². The van der Waals surface area contributed by atoms with Crippen LogP contribution in [0.5, 0.6) is 0 Å². The van der Waals surface area contributed by atoms with E-state index in [4.69, 9.17) is 4.74 Å². The summed E-state index contributed by atoms with van der Waals surface area (Å²) in [5.41, 5.74) is 1.22. The van der Waals surface area contributed by atoms with E-state index in [0.29, 0.717) is 0 Å². The number of aromatic nitrogens is 1. The van der Waals surface area contributed by atoms with Crippen molar-refractivity contribution in [3.8, 4) is 0 Å². The summed E-state index contributed by atoms with van der Waals surface area (Å²) in [6.07, 6.45) is 6.41. The summed E-state index contributed by atoms with van der Waals surface area (Å²) in [4.78, 5) is 4.06. The van der Waals surface area contributed by atoms with E-state index in [-0.39, 0.29) is 0 Å². The normalized spacial score (nSPS) is 15.5. The van der Waals surface area contributed by atoms with Crippen LogP contribution in [0.25, 0.3) is 0 Å². The van der Waals surface area contributed by atoms with Gasteiger partial charge in [0.05, 0.1) is 6.61 Å². The van der Waals surface area contributed by atoms with Crippen LogP contribution in [0.2, 0.25) is 0 Å². The molecule has 1 aromatic heterocycles. The van der Waals surface area contributed by atoms with E-state index >= 15 is 0 Å². The highest BCUT2D eigenvalue weighted by atomic mass is 16.5. The highest BCUT2D eigenvalue weighted by Gasteiger charge is 2.20. The van der Waals surface area contributed by atoms with Crippen molar-refractivity contribution in [2.75, 3.05) is 19.8 Å². The molecule has 0 unspecified atom stereocenters. The molecule has 0 bridgehead atoms. The Hall–Kier alpha value is -0.930. The number of nitrogens with one attached hydrogen (secondary N) is 1. The summed E-state index contributed by atoms with van der Waals surface area (Å²) in [6.45, 7) is 3.56. The quantitative estimate of drug-likeness (QED) is 0.688. The lowest BCUT2D eigenvalue weighted by Gasteiger charge is -2.05. The topological polar surface area (TPSA) is 34.2 Å². The Balaban J connectivity index is 1.47. The van der Waals surface area contributed by atoms with Gasteiger partial charge in [-0.15, -0.1) is 0 Å². The second kappa shape index (κ2) is 5.83. The smallest absolute Gasteiger partial charge is 0.0591 e. The van der Waals surface area contributed by atoms with E-state index in [2.05, 4.69) is 16.4 Å². The number of rotatable bonds is 7. The zero-order chi connectivity index (χ0) is 10.3. The molecule has 15 heavy (non-hydrogen) atoms. The van der Waals surface area contributed by atoms with Gasteiger partial charge in [0.25, 0.3) is 0 Å². The maximum Gasteiger partial charge on any atom is 0.0591 e. The van der Waals surface area contributed by atoms with Crippen LogP contribution in [-0.2, 0) is 11.3 Å². The molecule has 1 heterocycles.